The Bertz CT molecular complexity index is 2760. The SMILES string of the molecule is c1ccc([Si](c2ccccc2)(c2ccccc2)c2cccc(-c3ccc4c(c3)c3ccccc3n4-c3ccc4sc5cccnc5c4n3)c2)cc1. The molecule has 0 bridgehead atoms. The molecule has 0 unspecified atom stereocenters. The van der Waals surface area contributed by atoms with Crippen LogP contribution in [0.5, 0.6) is 0 Å². The van der Waals surface area contributed by atoms with Gasteiger partial charge in [0.1, 0.15) is 16.9 Å². The molecule has 0 N–H and O–H groups in total. The first-order valence-corrected chi connectivity index (χ1v) is 20.1. The lowest BCUT2D eigenvalue weighted by Gasteiger charge is -2.34. The summed E-state index contributed by atoms with van der Waals surface area (Å²) >= 11 is 1.74. The van der Waals surface area contributed by atoms with Crippen molar-refractivity contribution in [3.8, 4) is 16.9 Å². The third kappa shape index (κ3) is 4.70. The molecule has 4 aromatic heterocycles. The Morgan fingerprint density at radius 3 is 1.76 bits per heavy atom. The number of nitrogens with zero attached hydrogens (tertiary/aromatic N) is 3. The van der Waals surface area contributed by atoms with Crippen LogP contribution in [0.1, 0.15) is 0 Å². The summed E-state index contributed by atoms with van der Waals surface area (Å²) in [6, 6.07) is 66.7. The molecule has 0 saturated carbocycles. The normalized spacial score (nSPS) is 11.9. The molecule has 0 aliphatic carbocycles. The quantitative estimate of drug-likeness (QED) is 0.129. The van der Waals surface area contributed by atoms with Crippen molar-refractivity contribution in [1.29, 1.82) is 0 Å². The van der Waals surface area contributed by atoms with Gasteiger partial charge in [-0.3, -0.25) is 9.55 Å². The average Bonchev–Trinajstić information content (AvgIpc) is 3.75. The highest BCUT2D eigenvalue weighted by molar-refractivity contribution is 7.25. The lowest BCUT2D eigenvalue weighted by Crippen LogP contribution is -2.74. The molecule has 0 atom stereocenters. The van der Waals surface area contributed by atoms with Crippen LogP contribution in [-0.2, 0) is 0 Å². The Hall–Kier alpha value is -6.14. The predicted molar refractivity (Wildman–Crippen MR) is 218 cm³/mol. The number of fused-ring (bicyclic) bond motifs is 6. The largest absolute Gasteiger partial charge is 0.294 e. The maximum atomic E-state index is 5.23. The minimum atomic E-state index is -2.65. The van der Waals surface area contributed by atoms with E-state index in [-0.39, 0.29) is 0 Å². The highest BCUT2D eigenvalue weighted by Gasteiger charge is 2.41. The molecule has 0 saturated heterocycles. The third-order valence-corrected chi connectivity index (χ3v) is 16.1. The summed E-state index contributed by atoms with van der Waals surface area (Å²) in [5.41, 5.74) is 6.60. The number of rotatable bonds is 6. The van der Waals surface area contributed by atoms with Crippen molar-refractivity contribution in [1.82, 2.24) is 14.5 Å². The molecule has 10 aromatic rings. The van der Waals surface area contributed by atoms with Crippen LogP contribution in [-0.4, -0.2) is 22.6 Å². The molecule has 0 radical (unpaired) electrons. The molecule has 0 aliphatic heterocycles. The standard InChI is InChI=1S/C46H31N3SSi/c1-4-15-34(16-5-1)51(35-17-6-2-7-18-35,36-19-8-3-9-20-36)37-21-12-14-32(30-37)33-25-26-41-39(31-33)38-22-10-11-23-40(38)49(41)44-28-27-43-46(48-44)45-42(50-43)24-13-29-47-45/h1-31H. The van der Waals surface area contributed by atoms with E-state index in [4.69, 9.17) is 4.98 Å². The molecule has 4 heterocycles. The molecule has 5 heteroatoms. The number of pyridine rings is 2. The van der Waals surface area contributed by atoms with Gasteiger partial charge in [0.15, 0.2) is 8.07 Å². The fourth-order valence-electron chi connectivity index (χ4n) is 7.98. The van der Waals surface area contributed by atoms with E-state index in [2.05, 4.69) is 185 Å². The molecule has 0 amide bonds. The van der Waals surface area contributed by atoms with Gasteiger partial charge in [0.2, 0.25) is 0 Å². The second-order valence-electron chi connectivity index (χ2n) is 13.0. The third-order valence-electron chi connectivity index (χ3n) is 10.2. The molecule has 3 nitrogen and oxygen atoms in total. The van der Waals surface area contributed by atoms with Crippen molar-refractivity contribution >= 4 is 82.4 Å². The van der Waals surface area contributed by atoms with Crippen molar-refractivity contribution in [2.24, 2.45) is 0 Å². The summed E-state index contributed by atoms with van der Waals surface area (Å²) in [4.78, 5) is 9.91. The Morgan fingerprint density at radius 1 is 0.431 bits per heavy atom. The van der Waals surface area contributed by atoms with Crippen molar-refractivity contribution in [2.45, 2.75) is 0 Å². The van der Waals surface area contributed by atoms with E-state index in [1.165, 1.54) is 42.6 Å². The van der Waals surface area contributed by atoms with Gasteiger partial charge in [-0.1, -0.05) is 140 Å². The summed E-state index contributed by atoms with van der Waals surface area (Å²) in [6.45, 7) is 0. The zero-order valence-corrected chi connectivity index (χ0v) is 29.5. The van der Waals surface area contributed by atoms with Gasteiger partial charge in [-0.05, 0) is 74.3 Å². The lowest BCUT2D eigenvalue weighted by molar-refractivity contribution is 1.10. The first-order chi connectivity index (χ1) is 25.3. The van der Waals surface area contributed by atoms with Crippen LogP contribution in [0, 0.1) is 0 Å². The molecule has 51 heavy (non-hydrogen) atoms. The van der Waals surface area contributed by atoms with Gasteiger partial charge < -0.3 is 0 Å². The first-order valence-electron chi connectivity index (χ1n) is 17.2. The van der Waals surface area contributed by atoms with Crippen LogP contribution in [0.25, 0.3) is 59.2 Å². The Kier molecular flexibility index (Phi) is 7.01. The smallest absolute Gasteiger partial charge is 0.179 e. The second kappa shape index (κ2) is 12.0. The molecule has 6 aromatic carbocycles. The van der Waals surface area contributed by atoms with E-state index in [0.717, 1.165) is 37.3 Å². The van der Waals surface area contributed by atoms with Crippen molar-refractivity contribution in [3.05, 3.63) is 188 Å². The van der Waals surface area contributed by atoms with E-state index in [9.17, 15) is 0 Å². The molecule has 0 fully saturated rings. The molecule has 0 spiro atoms. The lowest BCUT2D eigenvalue weighted by atomic mass is 10.0. The molecule has 240 valence electrons. The summed E-state index contributed by atoms with van der Waals surface area (Å²) in [7, 11) is -2.65. The monoisotopic (exact) mass is 685 g/mol. The number of para-hydroxylation sites is 1. The van der Waals surface area contributed by atoms with Gasteiger partial charge in [-0.25, -0.2) is 4.98 Å². The summed E-state index contributed by atoms with van der Waals surface area (Å²) in [5.74, 6) is 0.901. The van der Waals surface area contributed by atoms with Crippen LogP contribution in [0.4, 0.5) is 0 Å². The fourth-order valence-corrected chi connectivity index (χ4v) is 13.8. The van der Waals surface area contributed by atoms with Crippen molar-refractivity contribution < 1.29 is 0 Å². The zero-order chi connectivity index (χ0) is 33.8. The topological polar surface area (TPSA) is 30.7 Å². The first kappa shape index (κ1) is 29.7. The molecule has 0 aliphatic rings. The van der Waals surface area contributed by atoms with Crippen molar-refractivity contribution in [2.75, 3.05) is 0 Å². The Balaban J connectivity index is 1.17. The highest BCUT2D eigenvalue weighted by Crippen LogP contribution is 2.36. The average molecular weight is 686 g/mol. The predicted octanol–water partition coefficient (Wildman–Crippen LogP) is 8.99. The van der Waals surface area contributed by atoms with Gasteiger partial charge in [0.05, 0.1) is 20.4 Å². The fraction of sp³-hybridized carbons (Fsp3) is 0. The molecular weight excluding hydrogens is 655 g/mol. The van der Waals surface area contributed by atoms with E-state index in [1.807, 2.05) is 12.3 Å². The highest BCUT2D eigenvalue weighted by atomic mass is 32.1. The number of benzene rings is 6. The number of aromatic nitrogens is 3. The van der Waals surface area contributed by atoms with Crippen LogP contribution in [0.2, 0.25) is 0 Å². The van der Waals surface area contributed by atoms with Gasteiger partial charge in [0.25, 0.3) is 0 Å². The summed E-state index contributed by atoms with van der Waals surface area (Å²) < 4.78 is 4.61. The van der Waals surface area contributed by atoms with Crippen LogP contribution < -0.4 is 20.7 Å². The maximum absolute atomic E-state index is 5.23. The van der Waals surface area contributed by atoms with E-state index in [1.54, 1.807) is 11.3 Å². The van der Waals surface area contributed by atoms with Gasteiger partial charge >= 0.3 is 0 Å². The second-order valence-corrected chi connectivity index (χ2v) is 17.9. The maximum Gasteiger partial charge on any atom is 0.179 e. The summed E-state index contributed by atoms with van der Waals surface area (Å²) in [6.07, 6.45) is 1.85. The Labute approximate surface area is 300 Å². The minimum Gasteiger partial charge on any atom is -0.294 e. The van der Waals surface area contributed by atoms with E-state index >= 15 is 0 Å². The molecular formula is C46H31N3SSi. The van der Waals surface area contributed by atoms with Gasteiger partial charge in [-0.2, -0.15) is 0 Å². The van der Waals surface area contributed by atoms with E-state index < -0.39 is 8.07 Å². The number of thiophene rings is 1. The van der Waals surface area contributed by atoms with Crippen molar-refractivity contribution in [3.63, 3.8) is 0 Å². The van der Waals surface area contributed by atoms with E-state index in [0.29, 0.717) is 0 Å². The number of hydrogen-bond donors (Lipinski definition) is 0. The molecule has 10 rings (SSSR count). The number of hydrogen-bond acceptors (Lipinski definition) is 3. The van der Waals surface area contributed by atoms with Gasteiger partial charge in [-0.15, -0.1) is 11.3 Å². The minimum absolute atomic E-state index is 0.901. The van der Waals surface area contributed by atoms with Crippen LogP contribution in [0.15, 0.2) is 188 Å². The van der Waals surface area contributed by atoms with Crippen LogP contribution >= 0.6 is 11.3 Å². The summed E-state index contributed by atoms with van der Waals surface area (Å²) in [5, 5.41) is 7.90. The Morgan fingerprint density at radius 2 is 1.04 bits per heavy atom. The zero-order valence-electron chi connectivity index (χ0n) is 27.6. The van der Waals surface area contributed by atoms with Crippen LogP contribution in [0.3, 0.4) is 0 Å². The van der Waals surface area contributed by atoms with Gasteiger partial charge in [0, 0.05) is 17.0 Å².